The number of hydrogen-bond donors (Lipinski definition) is 1. The highest BCUT2D eigenvalue weighted by molar-refractivity contribution is 6.08. The van der Waals surface area contributed by atoms with Crippen LogP contribution in [0.2, 0.25) is 0 Å². The van der Waals surface area contributed by atoms with Crippen molar-refractivity contribution in [2.75, 3.05) is 4.90 Å². The Bertz CT molecular complexity index is 936. The van der Waals surface area contributed by atoms with Crippen molar-refractivity contribution in [3.05, 3.63) is 66.1 Å². The summed E-state index contributed by atoms with van der Waals surface area (Å²) >= 11 is 0. The van der Waals surface area contributed by atoms with Crippen molar-refractivity contribution in [1.82, 2.24) is 10.2 Å². The molecular formula is C19H17N3O3. The Morgan fingerprint density at radius 3 is 2.44 bits per heavy atom. The Morgan fingerprint density at radius 1 is 1.04 bits per heavy atom. The first kappa shape index (κ1) is 15.5. The summed E-state index contributed by atoms with van der Waals surface area (Å²) in [5.74, 6) is -0.337. The number of nitrogens with zero attached hydrogens (tertiary/aromatic N) is 3. The van der Waals surface area contributed by atoms with E-state index in [0.29, 0.717) is 11.3 Å². The number of aliphatic hydroxyl groups is 1. The monoisotopic (exact) mass is 335 g/mol. The van der Waals surface area contributed by atoms with E-state index in [-0.39, 0.29) is 17.8 Å². The molecule has 0 spiro atoms. The van der Waals surface area contributed by atoms with Gasteiger partial charge in [0.2, 0.25) is 11.5 Å². The molecule has 6 heteroatoms. The molecule has 4 rings (SSSR count). The zero-order valence-corrected chi connectivity index (χ0v) is 13.9. The van der Waals surface area contributed by atoms with Gasteiger partial charge in [-0.15, -0.1) is 10.2 Å². The van der Waals surface area contributed by atoms with Crippen molar-refractivity contribution in [1.29, 1.82) is 0 Å². The van der Waals surface area contributed by atoms with Crippen LogP contribution in [0.5, 0.6) is 0 Å². The second-order valence-corrected chi connectivity index (χ2v) is 6.27. The van der Waals surface area contributed by atoms with Crippen molar-refractivity contribution in [2.45, 2.75) is 25.5 Å². The van der Waals surface area contributed by atoms with E-state index in [1.807, 2.05) is 50.2 Å². The van der Waals surface area contributed by atoms with Gasteiger partial charge in [0, 0.05) is 17.2 Å². The van der Waals surface area contributed by atoms with Gasteiger partial charge in [-0.05, 0) is 32.0 Å². The minimum absolute atomic E-state index is 0.112. The topological polar surface area (TPSA) is 79.5 Å². The second-order valence-electron chi connectivity index (χ2n) is 6.27. The van der Waals surface area contributed by atoms with E-state index >= 15 is 0 Å². The van der Waals surface area contributed by atoms with Crippen LogP contribution >= 0.6 is 0 Å². The first-order chi connectivity index (χ1) is 12.0. The molecule has 1 amide bonds. The number of rotatable bonds is 3. The fraction of sp³-hybridized carbons (Fsp3) is 0.211. The summed E-state index contributed by atoms with van der Waals surface area (Å²) in [7, 11) is 0. The average molecular weight is 335 g/mol. The summed E-state index contributed by atoms with van der Waals surface area (Å²) in [6.45, 7) is 3.78. The van der Waals surface area contributed by atoms with E-state index in [1.165, 1.54) is 0 Å². The number of aromatic nitrogens is 2. The minimum Gasteiger partial charge on any atom is -0.417 e. The normalized spacial score (nSPS) is 19.5. The summed E-state index contributed by atoms with van der Waals surface area (Å²) in [5, 5.41) is 19.3. The lowest BCUT2D eigenvalue weighted by molar-refractivity contribution is -0.134. The number of amides is 1. The van der Waals surface area contributed by atoms with Crippen LogP contribution in [0.3, 0.4) is 0 Å². The van der Waals surface area contributed by atoms with Crippen LogP contribution in [0.1, 0.15) is 25.3 Å². The average Bonchev–Trinajstić information content (AvgIpc) is 3.20. The zero-order valence-electron chi connectivity index (χ0n) is 13.9. The molecule has 25 heavy (non-hydrogen) atoms. The summed E-state index contributed by atoms with van der Waals surface area (Å²) in [6.07, 6.45) is 0. The maximum atomic E-state index is 13.0. The molecule has 0 fully saturated rings. The fourth-order valence-electron chi connectivity index (χ4n) is 3.17. The van der Waals surface area contributed by atoms with Crippen LogP contribution in [0.15, 0.2) is 59.0 Å². The Hall–Kier alpha value is -2.99. The molecule has 1 aromatic heterocycles. The van der Waals surface area contributed by atoms with Crippen molar-refractivity contribution in [3.63, 3.8) is 0 Å². The fourth-order valence-corrected chi connectivity index (χ4v) is 3.17. The van der Waals surface area contributed by atoms with Crippen molar-refractivity contribution < 1.29 is 14.3 Å². The van der Waals surface area contributed by atoms with Gasteiger partial charge in [0.25, 0.3) is 11.8 Å². The molecule has 1 N–H and O–H groups in total. The van der Waals surface area contributed by atoms with E-state index in [1.54, 1.807) is 23.1 Å². The van der Waals surface area contributed by atoms with E-state index in [9.17, 15) is 9.90 Å². The third-order valence-corrected chi connectivity index (χ3v) is 4.35. The van der Waals surface area contributed by atoms with Gasteiger partial charge >= 0.3 is 0 Å². The number of fused-ring (bicyclic) bond motifs is 1. The van der Waals surface area contributed by atoms with E-state index in [4.69, 9.17) is 4.42 Å². The summed E-state index contributed by atoms with van der Waals surface area (Å²) in [4.78, 5) is 14.6. The van der Waals surface area contributed by atoms with Crippen molar-refractivity contribution in [3.8, 4) is 11.5 Å². The molecular weight excluding hydrogens is 318 g/mol. The standard InChI is InChI=1S/C19H17N3O3/c1-12(2)22-15-11-7-6-10-14(15)19(24,18(22)23)17-21-20-16(25-17)13-8-4-3-5-9-13/h3-12,24H,1-2H3/t19-/m1/s1. The van der Waals surface area contributed by atoms with Crippen LogP contribution in [0.25, 0.3) is 11.5 Å². The molecule has 1 atom stereocenters. The van der Waals surface area contributed by atoms with Crippen LogP contribution < -0.4 is 4.90 Å². The van der Waals surface area contributed by atoms with Gasteiger partial charge in [0.1, 0.15) is 0 Å². The van der Waals surface area contributed by atoms with Crippen LogP contribution in [0, 0.1) is 0 Å². The van der Waals surface area contributed by atoms with Crippen molar-refractivity contribution in [2.24, 2.45) is 0 Å². The second kappa shape index (κ2) is 5.53. The van der Waals surface area contributed by atoms with Crippen LogP contribution in [-0.4, -0.2) is 27.3 Å². The smallest absolute Gasteiger partial charge is 0.273 e. The molecule has 0 saturated carbocycles. The van der Waals surface area contributed by atoms with Gasteiger partial charge in [0.15, 0.2) is 0 Å². The lowest BCUT2D eigenvalue weighted by Gasteiger charge is -2.23. The van der Waals surface area contributed by atoms with Crippen LogP contribution in [0.4, 0.5) is 5.69 Å². The number of carbonyl (C=O) groups excluding carboxylic acids is 1. The Kier molecular flexibility index (Phi) is 3.43. The Morgan fingerprint density at radius 2 is 1.72 bits per heavy atom. The zero-order chi connectivity index (χ0) is 17.6. The highest BCUT2D eigenvalue weighted by Crippen LogP contribution is 2.45. The molecule has 0 aliphatic carbocycles. The van der Waals surface area contributed by atoms with Gasteiger partial charge < -0.3 is 14.4 Å². The number of carbonyl (C=O) groups is 1. The molecule has 2 heterocycles. The van der Waals surface area contributed by atoms with Crippen molar-refractivity contribution >= 4 is 11.6 Å². The summed E-state index contributed by atoms with van der Waals surface area (Å²) in [5.41, 5.74) is -0.133. The maximum absolute atomic E-state index is 13.0. The third-order valence-electron chi connectivity index (χ3n) is 4.35. The Labute approximate surface area is 144 Å². The largest absolute Gasteiger partial charge is 0.417 e. The number of para-hydroxylation sites is 1. The quantitative estimate of drug-likeness (QED) is 0.796. The Balaban J connectivity index is 1.85. The van der Waals surface area contributed by atoms with Crippen LogP contribution in [-0.2, 0) is 10.4 Å². The molecule has 1 aliphatic heterocycles. The predicted molar refractivity (Wildman–Crippen MR) is 91.8 cm³/mol. The first-order valence-corrected chi connectivity index (χ1v) is 8.08. The number of benzene rings is 2. The summed E-state index contributed by atoms with van der Waals surface area (Å²) < 4.78 is 5.69. The van der Waals surface area contributed by atoms with Gasteiger partial charge in [-0.3, -0.25) is 4.79 Å². The van der Waals surface area contributed by atoms with E-state index in [0.717, 1.165) is 5.56 Å². The third kappa shape index (κ3) is 2.18. The number of anilines is 1. The lowest BCUT2D eigenvalue weighted by Crippen LogP contribution is -2.44. The number of hydrogen-bond acceptors (Lipinski definition) is 5. The molecule has 1 aliphatic rings. The first-order valence-electron chi connectivity index (χ1n) is 8.08. The van der Waals surface area contributed by atoms with Gasteiger partial charge in [0.05, 0.1) is 5.69 Å². The molecule has 0 bridgehead atoms. The van der Waals surface area contributed by atoms with Gasteiger partial charge in [-0.25, -0.2) is 0 Å². The molecule has 0 unspecified atom stereocenters. The molecule has 0 radical (unpaired) electrons. The lowest BCUT2D eigenvalue weighted by atomic mass is 9.95. The highest BCUT2D eigenvalue weighted by atomic mass is 16.4. The molecule has 3 aromatic rings. The summed E-state index contributed by atoms with van der Waals surface area (Å²) in [6, 6.07) is 16.2. The molecule has 0 saturated heterocycles. The SMILES string of the molecule is CC(C)N1C(=O)[C@](O)(c2nnc(-c3ccccc3)o2)c2ccccc21. The van der Waals surface area contributed by atoms with Gasteiger partial charge in [-0.2, -0.15) is 0 Å². The predicted octanol–water partition coefficient (Wildman–Crippen LogP) is 2.73. The minimum atomic E-state index is -1.97. The maximum Gasteiger partial charge on any atom is 0.273 e. The van der Waals surface area contributed by atoms with Gasteiger partial charge in [-0.1, -0.05) is 36.4 Å². The van der Waals surface area contributed by atoms with E-state index < -0.39 is 11.5 Å². The molecule has 126 valence electrons. The highest BCUT2D eigenvalue weighted by Gasteiger charge is 2.55. The molecule has 6 nitrogen and oxygen atoms in total. The van der Waals surface area contributed by atoms with E-state index in [2.05, 4.69) is 10.2 Å². The molecule has 2 aromatic carbocycles.